The Labute approximate surface area is 201 Å². The summed E-state index contributed by atoms with van der Waals surface area (Å²) in [6, 6.07) is 8.31. The van der Waals surface area contributed by atoms with Crippen LogP contribution in [-0.4, -0.2) is 42.0 Å². The molecule has 9 heteroatoms. The molecule has 35 heavy (non-hydrogen) atoms. The van der Waals surface area contributed by atoms with E-state index in [1.807, 2.05) is 7.05 Å². The molecule has 0 amide bonds. The molecule has 1 fully saturated rings. The number of pyridine rings is 1. The Balaban J connectivity index is 1.54. The fraction of sp³-hybridized carbons (Fsp3) is 0.346. The largest absolute Gasteiger partial charge is 0.493 e. The maximum Gasteiger partial charge on any atom is 0.263 e. The topological polar surface area (TPSA) is 82.6 Å². The predicted octanol–water partition coefficient (Wildman–Crippen LogP) is 4.65. The van der Waals surface area contributed by atoms with Crippen molar-refractivity contribution in [1.82, 2.24) is 14.7 Å². The monoisotopic (exact) mass is 478 g/mol. The number of aryl methyl sites for hydroxylation is 1. The zero-order chi connectivity index (χ0) is 24.7. The van der Waals surface area contributed by atoms with Gasteiger partial charge in [-0.3, -0.25) is 4.79 Å². The zero-order valence-corrected chi connectivity index (χ0v) is 20.2. The van der Waals surface area contributed by atoms with Gasteiger partial charge in [-0.25, -0.2) is 4.39 Å². The SMILES string of the molecule is COc1ccc(-c2noc(-c3cn(C)c4cc(N5CCC(C)CC5)c(F)cc4c3=O)n2)cc1OC. The summed E-state index contributed by atoms with van der Waals surface area (Å²) >= 11 is 0. The van der Waals surface area contributed by atoms with Crippen molar-refractivity contribution in [3.05, 3.63) is 52.6 Å². The van der Waals surface area contributed by atoms with Gasteiger partial charge in [0, 0.05) is 37.3 Å². The molecule has 0 N–H and O–H groups in total. The van der Waals surface area contributed by atoms with E-state index in [0.717, 1.165) is 25.9 Å². The lowest BCUT2D eigenvalue weighted by atomic mass is 9.98. The normalized spacial score (nSPS) is 14.5. The quantitative estimate of drug-likeness (QED) is 0.413. The minimum absolute atomic E-state index is 0.0618. The van der Waals surface area contributed by atoms with E-state index in [4.69, 9.17) is 14.0 Å². The first-order valence-electron chi connectivity index (χ1n) is 11.5. The van der Waals surface area contributed by atoms with Gasteiger partial charge in [0.15, 0.2) is 11.5 Å². The van der Waals surface area contributed by atoms with Crippen LogP contribution < -0.4 is 19.8 Å². The molecule has 1 aliphatic rings. The molecule has 1 saturated heterocycles. The number of piperidine rings is 1. The summed E-state index contributed by atoms with van der Waals surface area (Å²) in [5, 5.41) is 4.30. The van der Waals surface area contributed by atoms with Gasteiger partial charge >= 0.3 is 0 Å². The third-order valence-corrected chi connectivity index (χ3v) is 6.68. The van der Waals surface area contributed by atoms with Crippen LogP contribution in [0.4, 0.5) is 10.1 Å². The Hall–Kier alpha value is -3.88. The number of rotatable bonds is 5. The van der Waals surface area contributed by atoms with Crippen molar-refractivity contribution in [2.75, 3.05) is 32.2 Å². The van der Waals surface area contributed by atoms with Crippen molar-refractivity contribution >= 4 is 16.6 Å². The van der Waals surface area contributed by atoms with Gasteiger partial charge in [0.1, 0.15) is 11.4 Å². The molecule has 0 radical (unpaired) electrons. The molecule has 5 rings (SSSR count). The molecule has 0 saturated carbocycles. The molecule has 2 aromatic carbocycles. The lowest BCUT2D eigenvalue weighted by Crippen LogP contribution is -2.33. The highest BCUT2D eigenvalue weighted by Crippen LogP contribution is 2.33. The van der Waals surface area contributed by atoms with Gasteiger partial charge in [0.05, 0.1) is 25.4 Å². The number of ether oxygens (including phenoxy) is 2. The molecule has 0 atom stereocenters. The molecule has 0 unspecified atom stereocenters. The standard InChI is InChI=1S/C26H27FN4O4/c1-15-7-9-31(10-8-15)21-13-20-17(12-19(21)27)24(32)18(14-30(20)2)26-28-25(29-35-26)16-5-6-22(33-3)23(11-16)34-4/h5-6,11-15H,7-10H2,1-4H3. The molecule has 8 nitrogen and oxygen atoms in total. The summed E-state index contributed by atoms with van der Waals surface area (Å²) in [4.78, 5) is 19.8. The van der Waals surface area contributed by atoms with Crippen LogP contribution in [0.2, 0.25) is 0 Å². The predicted molar refractivity (Wildman–Crippen MR) is 132 cm³/mol. The van der Waals surface area contributed by atoms with E-state index in [1.54, 1.807) is 49.2 Å². The van der Waals surface area contributed by atoms with Crippen LogP contribution in [-0.2, 0) is 7.05 Å². The lowest BCUT2D eigenvalue weighted by Gasteiger charge is -2.32. The Morgan fingerprint density at radius 2 is 1.83 bits per heavy atom. The lowest BCUT2D eigenvalue weighted by molar-refractivity contribution is 0.355. The van der Waals surface area contributed by atoms with Gasteiger partial charge in [-0.05, 0) is 49.1 Å². The molecule has 0 bridgehead atoms. The Kier molecular flexibility index (Phi) is 5.92. The van der Waals surface area contributed by atoms with E-state index < -0.39 is 5.82 Å². The summed E-state index contributed by atoms with van der Waals surface area (Å²) < 4.78 is 33.0. The highest BCUT2D eigenvalue weighted by Gasteiger charge is 2.22. The van der Waals surface area contributed by atoms with Crippen molar-refractivity contribution in [3.8, 4) is 34.3 Å². The highest BCUT2D eigenvalue weighted by molar-refractivity contribution is 5.86. The van der Waals surface area contributed by atoms with Crippen LogP contribution in [0.25, 0.3) is 33.7 Å². The van der Waals surface area contributed by atoms with E-state index in [2.05, 4.69) is 22.0 Å². The minimum Gasteiger partial charge on any atom is -0.493 e. The third-order valence-electron chi connectivity index (χ3n) is 6.68. The summed E-state index contributed by atoms with van der Waals surface area (Å²) in [7, 11) is 4.91. The number of fused-ring (bicyclic) bond motifs is 1. The molecule has 1 aliphatic heterocycles. The van der Waals surface area contributed by atoms with Crippen LogP contribution in [0.3, 0.4) is 0 Å². The maximum atomic E-state index is 15.1. The smallest absolute Gasteiger partial charge is 0.263 e. The van der Waals surface area contributed by atoms with Gasteiger partial charge in [-0.1, -0.05) is 12.1 Å². The number of benzene rings is 2. The van der Waals surface area contributed by atoms with Gasteiger partial charge < -0.3 is 23.5 Å². The zero-order valence-electron chi connectivity index (χ0n) is 20.2. The molecule has 3 heterocycles. The number of nitrogens with zero attached hydrogens (tertiary/aromatic N) is 4. The van der Waals surface area contributed by atoms with Gasteiger partial charge in [-0.2, -0.15) is 4.98 Å². The Morgan fingerprint density at radius 1 is 1.09 bits per heavy atom. The summed E-state index contributed by atoms with van der Waals surface area (Å²) in [5.74, 6) is 1.69. The third kappa shape index (κ3) is 4.11. The first-order chi connectivity index (χ1) is 16.9. The first kappa shape index (κ1) is 22.9. The van der Waals surface area contributed by atoms with Crippen molar-refractivity contribution in [2.45, 2.75) is 19.8 Å². The van der Waals surface area contributed by atoms with E-state index in [-0.39, 0.29) is 22.3 Å². The van der Waals surface area contributed by atoms with Crippen molar-refractivity contribution in [2.24, 2.45) is 13.0 Å². The first-order valence-corrected chi connectivity index (χ1v) is 11.5. The van der Waals surface area contributed by atoms with Crippen LogP contribution in [0.1, 0.15) is 19.8 Å². The fourth-order valence-electron chi connectivity index (χ4n) is 4.56. The Morgan fingerprint density at radius 3 is 2.54 bits per heavy atom. The fourth-order valence-corrected chi connectivity index (χ4v) is 4.56. The van der Waals surface area contributed by atoms with Crippen molar-refractivity contribution in [3.63, 3.8) is 0 Å². The molecule has 182 valence electrons. The minimum atomic E-state index is -0.405. The molecular formula is C26H27FN4O4. The summed E-state index contributed by atoms with van der Waals surface area (Å²) in [6.07, 6.45) is 3.69. The van der Waals surface area contributed by atoms with Gasteiger partial charge in [-0.15, -0.1) is 0 Å². The van der Waals surface area contributed by atoms with Crippen LogP contribution in [0, 0.1) is 11.7 Å². The summed E-state index contributed by atoms with van der Waals surface area (Å²) in [5.41, 5.74) is 1.66. The number of hydrogen-bond donors (Lipinski definition) is 0. The number of anilines is 1. The van der Waals surface area contributed by atoms with E-state index in [9.17, 15) is 4.79 Å². The second-order valence-corrected chi connectivity index (χ2v) is 8.97. The van der Waals surface area contributed by atoms with E-state index in [1.165, 1.54) is 6.07 Å². The van der Waals surface area contributed by atoms with E-state index >= 15 is 4.39 Å². The molecule has 0 aliphatic carbocycles. The highest BCUT2D eigenvalue weighted by atomic mass is 19.1. The average molecular weight is 479 g/mol. The Bertz CT molecular complexity index is 1450. The van der Waals surface area contributed by atoms with E-state index in [0.29, 0.717) is 40.0 Å². The van der Waals surface area contributed by atoms with Crippen molar-refractivity contribution in [1.29, 1.82) is 0 Å². The number of hydrogen-bond acceptors (Lipinski definition) is 7. The van der Waals surface area contributed by atoms with Crippen LogP contribution in [0.5, 0.6) is 11.5 Å². The molecule has 0 spiro atoms. The van der Waals surface area contributed by atoms with Gasteiger partial charge in [0.2, 0.25) is 11.3 Å². The average Bonchev–Trinajstić information content (AvgIpc) is 3.36. The molecule has 2 aromatic heterocycles. The molecule has 4 aromatic rings. The van der Waals surface area contributed by atoms with Gasteiger partial charge in [0.25, 0.3) is 5.89 Å². The van der Waals surface area contributed by atoms with Crippen molar-refractivity contribution < 1.29 is 18.4 Å². The summed E-state index contributed by atoms with van der Waals surface area (Å²) in [6.45, 7) is 3.82. The number of halogens is 1. The number of methoxy groups -OCH3 is 2. The second-order valence-electron chi connectivity index (χ2n) is 8.97. The maximum absolute atomic E-state index is 15.1. The number of aromatic nitrogens is 3. The van der Waals surface area contributed by atoms with Crippen LogP contribution >= 0.6 is 0 Å². The second kappa shape index (κ2) is 9.05. The molecular weight excluding hydrogens is 451 g/mol. The van der Waals surface area contributed by atoms with Crippen LogP contribution in [0.15, 0.2) is 45.8 Å².